The Kier molecular flexibility index (Phi) is 28.9. The highest BCUT2D eigenvalue weighted by atomic mass is 32.2. The molecule has 6 nitrogen and oxygen atoms in total. The van der Waals surface area contributed by atoms with E-state index in [0.717, 1.165) is 38.5 Å². The van der Waals surface area contributed by atoms with Crippen LogP contribution in [-0.4, -0.2) is 41.9 Å². The molecule has 0 saturated heterocycles. The maximum absolute atomic E-state index is 12.4. The van der Waals surface area contributed by atoms with Crippen LogP contribution in [0.4, 0.5) is 0 Å². The minimum atomic E-state index is -4.29. The van der Waals surface area contributed by atoms with Gasteiger partial charge in [-0.3, -0.25) is 9.35 Å². The first-order valence-corrected chi connectivity index (χ1v) is 19.3. The largest absolute Gasteiger partial charge is 0.391 e. The second-order valence-electron chi connectivity index (χ2n) is 12.5. The molecule has 0 bridgehead atoms. The van der Waals surface area contributed by atoms with Gasteiger partial charge in [0.05, 0.1) is 17.9 Å². The molecule has 0 aliphatic heterocycles. The van der Waals surface area contributed by atoms with Crippen molar-refractivity contribution in [3.05, 3.63) is 0 Å². The molecule has 3 N–H and O–H groups in total. The third-order valence-electron chi connectivity index (χ3n) is 8.31. The Labute approximate surface area is 255 Å². The van der Waals surface area contributed by atoms with Crippen LogP contribution in [0, 0.1) is 0 Å². The predicted molar refractivity (Wildman–Crippen MR) is 175 cm³/mol. The van der Waals surface area contributed by atoms with E-state index < -0.39 is 28.0 Å². The van der Waals surface area contributed by atoms with Gasteiger partial charge in [0.2, 0.25) is 5.91 Å². The van der Waals surface area contributed by atoms with Crippen molar-refractivity contribution < 1.29 is 22.9 Å². The molecule has 7 heteroatoms. The first-order chi connectivity index (χ1) is 19.8. The van der Waals surface area contributed by atoms with Gasteiger partial charge in [-0.05, 0) is 12.8 Å². The third kappa shape index (κ3) is 30.6. The first kappa shape index (κ1) is 40.3. The van der Waals surface area contributed by atoms with E-state index in [1.54, 1.807) is 0 Å². The molecule has 0 heterocycles. The van der Waals surface area contributed by atoms with Gasteiger partial charge < -0.3 is 10.4 Å². The van der Waals surface area contributed by atoms with Gasteiger partial charge in [-0.15, -0.1) is 0 Å². The van der Waals surface area contributed by atoms with E-state index in [1.807, 2.05) is 0 Å². The monoisotopic (exact) mass is 603 g/mol. The average molecular weight is 604 g/mol. The molecule has 41 heavy (non-hydrogen) atoms. The van der Waals surface area contributed by atoms with Gasteiger partial charge in [0.1, 0.15) is 0 Å². The molecule has 0 fully saturated rings. The summed E-state index contributed by atoms with van der Waals surface area (Å²) in [7, 11) is -4.29. The zero-order valence-electron chi connectivity index (χ0n) is 27.2. The van der Waals surface area contributed by atoms with E-state index in [9.17, 15) is 22.9 Å². The summed E-state index contributed by atoms with van der Waals surface area (Å²) in [6, 6.07) is -0.961. The number of hydrogen-bond acceptors (Lipinski definition) is 4. The van der Waals surface area contributed by atoms with Crippen molar-refractivity contribution in [1.29, 1.82) is 0 Å². The predicted octanol–water partition coefficient (Wildman–Crippen LogP) is 9.68. The number of aliphatic hydroxyl groups is 1. The molecule has 246 valence electrons. The summed E-state index contributed by atoms with van der Waals surface area (Å²) in [6.45, 7) is 4.48. The van der Waals surface area contributed by atoms with Crippen molar-refractivity contribution in [3.8, 4) is 0 Å². The summed E-state index contributed by atoms with van der Waals surface area (Å²) >= 11 is 0. The molecule has 1 amide bonds. The molecule has 0 aromatic carbocycles. The number of carbonyl (C=O) groups is 1. The van der Waals surface area contributed by atoms with Crippen LogP contribution in [0.1, 0.15) is 194 Å². The first-order valence-electron chi connectivity index (χ1n) is 17.7. The molecule has 0 spiro atoms. The van der Waals surface area contributed by atoms with Gasteiger partial charge in [-0.25, -0.2) is 0 Å². The van der Waals surface area contributed by atoms with Gasteiger partial charge >= 0.3 is 0 Å². The minimum absolute atomic E-state index is 0.245. The van der Waals surface area contributed by atoms with Gasteiger partial charge in [0, 0.05) is 6.42 Å². The zero-order chi connectivity index (χ0) is 30.4. The van der Waals surface area contributed by atoms with Crippen LogP contribution in [0.3, 0.4) is 0 Å². The van der Waals surface area contributed by atoms with Crippen LogP contribution < -0.4 is 5.32 Å². The summed E-state index contributed by atoms with van der Waals surface area (Å²) < 4.78 is 32.3. The Hall–Kier alpha value is -0.660. The Morgan fingerprint density at radius 3 is 1.22 bits per heavy atom. The van der Waals surface area contributed by atoms with Crippen LogP contribution in [0.2, 0.25) is 0 Å². The van der Waals surface area contributed by atoms with E-state index in [2.05, 4.69) is 19.2 Å². The lowest BCUT2D eigenvalue weighted by Gasteiger charge is -2.23. The molecule has 2 unspecified atom stereocenters. The molecule has 0 saturated carbocycles. The lowest BCUT2D eigenvalue weighted by molar-refractivity contribution is -0.122. The molecular formula is C34H69NO5S. The van der Waals surface area contributed by atoms with Crippen molar-refractivity contribution in [1.82, 2.24) is 5.32 Å². The highest BCUT2D eigenvalue weighted by Crippen LogP contribution is 2.16. The molecule has 0 aliphatic rings. The van der Waals surface area contributed by atoms with Crippen LogP contribution in [0.25, 0.3) is 0 Å². The number of hydrogen-bond donors (Lipinski definition) is 3. The molecule has 0 aromatic rings. The molecule has 2 atom stereocenters. The van der Waals surface area contributed by atoms with Crippen molar-refractivity contribution in [3.63, 3.8) is 0 Å². The van der Waals surface area contributed by atoms with Crippen LogP contribution >= 0.6 is 0 Å². The Bertz CT molecular complexity index is 670. The van der Waals surface area contributed by atoms with Crippen molar-refractivity contribution >= 4 is 16.0 Å². The van der Waals surface area contributed by atoms with E-state index >= 15 is 0 Å². The van der Waals surface area contributed by atoms with E-state index in [4.69, 9.17) is 0 Å². The van der Waals surface area contributed by atoms with Gasteiger partial charge in [0.15, 0.2) is 0 Å². The van der Waals surface area contributed by atoms with Crippen molar-refractivity contribution in [2.45, 2.75) is 206 Å². The van der Waals surface area contributed by atoms with Gasteiger partial charge in [-0.1, -0.05) is 174 Å². The standard InChI is InChI=1S/C34H69NO5S/c1-3-5-7-9-11-13-14-15-16-17-18-19-20-22-24-26-28-30-34(37)35-32(31-41(38,39)40)33(36)29-27-25-23-21-12-10-8-6-4-2/h32-33,36H,3-31H2,1-2H3,(H,35,37)(H,38,39,40). The average Bonchev–Trinajstić information content (AvgIpc) is 2.92. The highest BCUT2D eigenvalue weighted by molar-refractivity contribution is 7.85. The lowest BCUT2D eigenvalue weighted by atomic mass is 10.0. The quantitative estimate of drug-likeness (QED) is 0.0524. The SMILES string of the molecule is CCCCCCCCCCCCCCCCCCCC(=O)NC(CS(=O)(=O)O)C(O)CCCCCCCCCCC. The van der Waals surface area contributed by atoms with Crippen molar-refractivity contribution in [2.75, 3.05) is 5.75 Å². The Morgan fingerprint density at radius 1 is 0.561 bits per heavy atom. The lowest BCUT2D eigenvalue weighted by Crippen LogP contribution is -2.47. The Balaban J connectivity index is 3.84. The number of nitrogens with one attached hydrogen (secondary N) is 1. The topological polar surface area (TPSA) is 104 Å². The highest BCUT2D eigenvalue weighted by Gasteiger charge is 2.26. The summed E-state index contributed by atoms with van der Waals surface area (Å²) in [6.07, 6.45) is 32.0. The molecule has 0 rings (SSSR count). The molecule has 0 aromatic heterocycles. The summed E-state index contributed by atoms with van der Waals surface area (Å²) in [5.41, 5.74) is 0. The van der Waals surface area contributed by atoms with Gasteiger partial charge in [-0.2, -0.15) is 8.42 Å². The number of amides is 1. The van der Waals surface area contributed by atoms with E-state index in [1.165, 1.54) is 128 Å². The number of unbranched alkanes of at least 4 members (excludes halogenated alkanes) is 24. The van der Waals surface area contributed by atoms with Crippen molar-refractivity contribution in [2.24, 2.45) is 0 Å². The second-order valence-corrected chi connectivity index (χ2v) is 14.0. The molecule has 0 aliphatic carbocycles. The Morgan fingerprint density at radius 2 is 0.878 bits per heavy atom. The summed E-state index contributed by atoms with van der Waals surface area (Å²) in [5, 5.41) is 13.2. The minimum Gasteiger partial charge on any atom is -0.391 e. The van der Waals surface area contributed by atoms with Crippen LogP contribution in [-0.2, 0) is 14.9 Å². The fourth-order valence-corrected chi connectivity index (χ4v) is 6.39. The van der Waals surface area contributed by atoms with Crippen LogP contribution in [0.5, 0.6) is 0 Å². The molecule has 0 radical (unpaired) electrons. The number of carbonyl (C=O) groups excluding carboxylic acids is 1. The molecular weight excluding hydrogens is 534 g/mol. The smallest absolute Gasteiger partial charge is 0.266 e. The third-order valence-corrected chi connectivity index (χ3v) is 9.09. The second kappa shape index (κ2) is 29.4. The summed E-state index contributed by atoms with van der Waals surface area (Å²) in [4.78, 5) is 12.4. The normalized spacial score (nSPS) is 13.4. The van der Waals surface area contributed by atoms with Crippen LogP contribution in [0.15, 0.2) is 0 Å². The van der Waals surface area contributed by atoms with E-state index in [-0.39, 0.29) is 5.91 Å². The van der Waals surface area contributed by atoms with Gasteiger partial charge in [0.25, 0.3) is 10.1 Å². The maximum atomic E-state index is 12.4. The van der Waals surface area contributed by atoms with E-state index in [0.29, 0.717) is 12.8 Å². The maximum Gasteiger partial charge on any atom is 0.266 e. The zero-order valence-corrected chi connectivity index (χ0v) is 28.0. The summed E-state index contributed by atoms with van der Waals surface area (Å²) in [5.74, 6) is -0.887. The fourth-order valence-electron chi connectivity index (χ4n) is 5.63. The number of rotatable bonds is 32. The fraction of sp³-hybridized carbons (Fsp3) is 0.971. The number of aliphatic hydroxyl groups excluding tert-OH is 1.